The van der Waals surface area contributed by atoms with Crippen LogP contribution in [-0.4, -0.2) is 19.5 Å². The van der Waals surface area contributed by atoms with Crippen molar-refractivity contribution in [3.63, 3.8) is 0 Å². The summed E-state index contributed by atoms with van der Waals surface area (Å²) in [4.78, 5) is 13.2. The standard InChI is InChI=1S/C14H15ClN4S/c1-9(15)14-18-12-7-16-5-3-13(12)19(14)6-4-11-8-20-10(2)17-11/h3,5,7-9H,4,6H2,1-2H3. The summed E-state index contributed by atoms with van der Waals surface area (Å²) in [6, 6.07) is 1.98. The first kappa shape index (κ1) is 13.5. The molecule has 3 rings (SSSR count). The lowest BCUT2D eigenvalue weighted by molar-refractivity contribution is 0.661. The number of pyridine rings is 1. The van der Waals surface area contributed by atoms with E-state index in [0.29, 0.717) is 0 Å². The van der Waals surface area contributed by atoms with E-state index >= 15 is 0 Å². The Kier molecular flexibility index (Phi) is 3.72. The molecule has 3 heterocycles. The van der Waals surface area contributed by atoms with E-state index in [1.807, 2.05) is 19.9 Å². The highest BCUT2D eigenvalue weighted by molar-refractivity contribution is 7.09. The average molecular weight is 307 g/mol. The van der Waals surface area contributed by atoms with Gasteiger partial charge < -0.3 is 4.57 Å². The van der Waals surface area contributed by atoms with Gasteiger partial charge in [0.2, 0.25) is 0 Å². The van der Waals surface area contributed by atoms with E-state index in [4.69, 9.17) is 11.6 Å². The van der Waals surface area contributed by atoms with Gasteiger partial charge in [-0.25, -0.2) is 9.97 Å². The van der Waals surface area contributed by atoms with Gasteiger partial charge in [-0.2, -0.15) is 0 Å². The quantitative estimate of drug-likeness (QED) is 0.690. The maximum atomic E-state index is 6.25. The number of aryl methyl sites for hydroxylation is 3. The van der Waals surface area contributed by atoms with Crippen molar-refractivity contribution in [2.24, 2.45) is 0 Å². The molecular weight excluding hydrogens is 292 g/mol. The normalized spacial score (nSPS) is 12.9. The van der Waals surface area contributed by atoms with Gasteiger partial charge in [-0.3, -0.25) is 4.98 Å². The number of fused-ring (bicyclic) bond motifs is 1. The van der Waals surface area contributed by atoms with Gasteiger partial charge in [-0.05, 0) is 19.9 Å². The molecule has 0 fully saturated rings. The fourth-order valence-electron chi connectivity index (χ4n) is 2.29. The Bertz CT molecular complexity index is 732. The summed E-state index contributed by atoms with van der Waals surface area (Å²) in [5.74, 6) is 0.890. The highest BCUT2D eigenvalue weighted by Gasteiger charge is 2.15. The van der Waals surface area contributed by atoms with Crippen LogP contribution in [0.25, 0.3) is 11.0 Å². The Balaban J connectivity index is 1.94. The number of halogens is 1. The van der Waals surface area contributed by atoms with E-state index in [1.54, 1.807) is 23.7 Å². The number of hydrogen-bond donors (Lipinski definition) is 0. The molecule has 0 bridgehead atoms. The molecule has 6 heteroatoms. The second-order valence-corrected chi connectivity index (χ2v) is 6.43. The van der Waals surface area contributed by atoms with Crippen LogP contribution < -0.4 is 0 Å². The van der Waals surface area contributed by atoms with Crippen molar-refractivity contribution in [3.8, 4) is 0 Å². The van der Waals surface area contributed by atoms with Crippen LogP contribution in [0.15, 0.2) is 23.8 Å². The number of imidazole rings is 1. The molecule has 0 aliphatic rings. The minimum absolute atomic E-state index is 0.125. The van der Waals surface area contributed by atoms with Gasteiger partial charge in [0.25, 0.3) is 0 Å². The predicted molar refractivity (Wildman–Crippen MR) is 82.4 cm³/mol. The first-order valence-electron chi connectivity index (χ1n) is 6.50. The molecule has 4 nitrogen and oxygen atoms in total. The molecule has 0 aromatic carbocycles. The van der Waals surface area contributed by atoms with Crippen LogP contribution in [0.5, 0.6) is 0 Å². The Morgan fingerprint density at radius 1 is 1.40 bits per heavy atom. The highest BCUT2D eigenvalue weighted by Crippen LogP contribution is 2.24. The van der Waals surface area contributed by atoms with Crippen molar-refractivity contribution in [2.45, 2.75) is 32.2 Å². The van der Waals surface area contributed by atoms with E-state index in [-0.39, 0.29) is 5.38 Å². The molecule has 0 saturated carbocycles. The van der Waals surface area contributed by atoms with E-state index in [2.05, 4.69) is 24.9 Å². The molecule has 104 valence electrons. The van der Waals surface area contributed by atoms with Crippen LogP contribution in [0.1, 0.15) is 28.8 Å². The molecule has 3 aromatic rings. The molecule has 0 saturated heterocycles. The van der Waals surface area contributed by atoms with Gasteiger partial charge in [0.05, 0.1) is 27.8 Å². The van der Waals surface area contributed by atoms with Crippen LogP contribution >= 0.6 is 22.9 Å². The topological polar surface area (TPSA) is 43.6 Å². The van der Waals surface area contributed by atoms with Crippen molar-refractivity contribution in [2.75, 3.05) is 0 Å². The third-order valence-corrected chi connectivity index (χ3v) is 4.21. The summed E-state index contributed by atoms with van der Waals surface area (Å²) < 4.78 is 2.17. The fraction of sp³-hybridized carbons (Fsp3) is 0.357. The first-order chi connectivity index (χ1) is 9.65. The summed E-state index contributed by atoms with van der Waals surface area (Å²) in [7, 11) is 0. The maximum Gasteiger partial charge on any atom is 0.127 e. The Labute approximate surface area is 126 Å². The second kappa shape index (κ2) is 5.50. The predicted octanol–water partition coefficient (Wildman–Crippen LogP) is 3.74. The summed E-state index contributed by atoms with van der Waals surface area (Å²) in [6.07, 6.45) is 4.45. The largest absolute Gasteiger partial charge is 0.326 e. The zero-order chi connectivity index (χ0) is 14.1. The first-order valence-corrected chi connectivity index (χ1v) is 7.82. The van der Waals surface area contributed by atoms with Crippen molar-refractivity contribution < 1.29 is 0 Å². The Morgan fingerprint density at radius 2 is 2.25 bits per heavy atom. The van der Waals surface area contributed by atoms with E-state index in [0.717, 1.165) is 40.5 Å². The number of rotatable bonds is 4. The van der Waals surface area contributed by atoms with Crippen LogP contribution in [0, 0.1) is 6.92 Å². The van der Waals surface area contributed by atoms with Gasteiger partial charge in [0, 0.05) is 24.5 Å². The van der Waals surface area contributed by atoms with Gasteiger partial charge >= 0.3 is 0 Å². The lowest BCUT2D eigenvalue weighted by atomic mass is 10.3. The monoisotopic (exact) mass is 306 g/mol. The molecule has 0 amide bonds. The molecule has 1 atom stereocenters. The zero-order valence-electron chi connectivity index (χ0n) is 11.4. The summed E-state index contributed by atoms with van der Waals surface area (Å²) >= 11 is 7.93. The second-order valence-electron chi connectivity index (χ2n) is 4.71. The third kappa shape index (κ3) is 2.55. The van der Waals surface area contributed by atoms with Gasteiger partial charge in [-0.1, -0.05) is 0 Å². The number of hydrogen-bond acceptors (Lipinski definition) is 4. The summed E-state index contributed by atoms with van der Waals surface area (Å²) in [5, 5.41) is 3.09. The Morgan fingerprint density at radius 3 is 2.95 bits per heavy atom. The van der Waals surface area contributed by atoms with E-state index in [9.17, 15) is 0 Å². The lowest BCUT2D eigenvalue weighted by Crippen LogP contribution is -2.07. The maximum absolute atomic E-state index is 6.25. The van der Waals surface area contributed by atoms with Crippen LogP contribution in [0.2, 0.25) is 0 Å². The molecule has 0 aliphatic carbocycles. The van der Waals surface area contributed by atoms with Crippen molar-refractivity contribution >= 4 is 34.0 Å². The minimum atomic E-state index is -0.125. The molecule has 0 radical (unpaired) electrons. The molecule has 3 aromatic heterocycles. The van der Waals surface area contributed by atoms with Crippen molar-refractivity contribution in [3.05, 3.63) is 40.4 Å². The molecular formula is C14H15ClN4S. The van der Waals surface area contributed by atoms with Crippen LogP contribution in [0.3, 0.4) is 0 Å². The molecule has 0 spiro atoms. The number of alkyl halides is 1. The van der Waals surface area contributed by atoms with Gasteiger partial charge in [-0.15, -0.1) is 22.9 Å². The number of aromatic nitrogens is 4. The average Bonchev–Trinajstić information content (AvgIpc) is 3.00. The van der Waals surface area contributed by atoms with Gasteiger partial charge in [0.1, 0.15) is 11.3 Å². The highest BCUT2D eigenvalue weighted by atomic mass is 35.5. The third-order valence-electron chi connectivity index (χ3n) is 3.19. The number of nitrogens with zero attached hydrogens (tertiary/aromatic N) is 4. The lowest BCUT2D eigenvalue weighted by Gasteiger charge is -2.09. The van der Waals surface area contributed by atoms with Crippen LogP contribution in [0.4, 0.5) is 0 Å². The van der Waals surface area contributed by atoms with E-state index in [1.165, 1.54) is 0 Å². The molecule has 1 unspecified atom stereocenters. The van der Waals surface area contributed by atoms with Gasteiger partial charge in [0.15, 0.2) is 0 Å². The summed E-state index contributed by atoms with van der Waals surface area (Å²) in [5.41, 5.74) is 3.09. The van der Waals surface area contributed by atoms with E-state index < -0.39 is 0 Å². The van der Waals surface area contributed by atoms with Crippen molar-refractivity contribution in [1.82, 2.24) is 19.5 Å². The molecule has 0 N–H and O–H groups in total. The molecule has 0 aliphatic heterocycles. The molecule has 20 heavy (non-hydrogen) atoms. The smallest absolute Gasteiger partial charge is 0.127 e. The van der Waals surface area contributed by atoms with Crippen LogP contribution in [-0.2, 0) is 13.0 Å². The summed E-state index contributed by atoms with van der Waals surface area (Å²) in [6.45, 7) is 4.80. The SMILES string of the molecule is Cc1nc(CCn2c(C(C)Cl)nc3cnccc32)cs1. The Hall–Kier alpha value is -1.46. The van der Waals surface area contributed by atoms with Crippen molar-refractivity contribution in [1.29, 1.82) is 0 Å². The minimum Gasteiger partial charge on any atom is -0.326 e. The fourth-order valence-corrected chi connectivity index (χ4v) is 3.10. The zero-order valence-corrected chi connectivity index (χ0v) is 12.9. The number of thiazole rings is 1.